The molecule has 5 nitrogen and oxygen atoms in total. The lowest BCUT2D eigenvalue weighted by atomic mass is 9.97. The smallest absolute Gasteiger partial charge is 0.330 e. The minimum Gasteiger partial charge on any atom is -0.330 e. The second-order valence-corrected chi connectivity index (χ2v) is 8.19. The number of carbonyl (C=O) groups is 2. The van der Waals surface area contributed by atoms with E-state index in [2.05, 4.69) is 5.32 Å². The lowest BCUT2D eigenvalue weighted by molar-refractivity contribution is -0.187. The van der Waals surface area contributed by atoms with Gasteiger partial charge in [-0.05, 0) is 63.8 Å². The summed E-state index contributed by atoms with van der Waals surface area (Å²) in [4.78, 5) is 28.5. The Morgan fingerprint density at radius 3 is 2.63 bits per heavy atom. The number of anilines is 1. The Morgan fingerprint density at radius 2 is 2.00 bits per heavy atom. The van der Waals surface area contributed by atoms with Gasteiger partial charge in [-0.1, -0.05) is 19.1 Å². The van der Waals surface area contributed by atoms with Crippen LogP contribution < -0.4 is 5.32 Å². The van der Waals surface area contributed by atoms with Gasteiger partial charge in [-0.15, -0.1) is 0 Å². The highest BCUT2D eigenvalue weighted by atomic mass is 19.4. The number of aryl methyl sites for hydroxylation is 1. The summed E-state index contributed by atoms with van der Waals surface area (Å²) in [5, 5.41) is 2.85. The van der Waals surface area contributed by atoms with E-state index >= 15 is 0 Å². The average molecular weight is 428 g/mol. The molecular weight excluding hydrogens is 395 g/mol. The van der Waals surface area contributed by atoms with Crippen molar-refractivity contribution in [3.05, 3.63) is 29.3 Å². The first-order valence-corrected chi connectivity index (χ1v) is 10.5. The van der Waals surface area contributed by atoms with Crippen molar-refractivity contribution in [2.45, 2.75) is 59.2 Å². The third-order valence-electron chi connectivity index (χ3n) is 5.96. The predicted molar refractivity (Wildman–Crippen MR) is 111 cm³/mol. The molecule has 1 aliphatic heterocycles. The van der Waals surface area contributed by atoms with Gasteiger partial charge in [0.25, 0.3) is 0 Å². The van der Waals surface area contributed by atoms with E-state index in [0.29, 0.717) is 25.1 Å². The molecule has 1 fully saturated rings. The molecule has 8 heteroatoms. The number of benzene rings is 1. The van der Waals surface area contributed by atoms with Crippen LogP contribution in [0.15, 0.2) is 18.2 Å². The lowest BCUT2D eigenvalue weighted by Gasteiger charge is -2.35. The topological polar surface area (TPSA) is 52.7 Å². The van der Waals surface area contributed by atoms with Crippen LogP contribution in [0.4, 0.5) is 18.9 Å². The fourth-order valence-corrected chi connectivity index (χ4v) is 3.69. The first-order chi connectivity index (χ1) is 14.0. The zero-order valence-electron chi connectivity index (χ0n) is 18.2. The molecule has 0 saturated carbocycles. The van der Waals surface area contributed by atoms with Crippen LogP contribution in [-0.2, 0) is 9.59 Å². The molecule has 0 aliphatic carbocycles. The van der Waals surface area contributed by atoms with E-state index in [1.54, 1.807) is 11.0 Å². The number of amides is 2. The number of carbonyl (C=O) groups excluding carboxylic acids is 2. The number of nitrogens with zero attached hydrogens (tertiary/aromatic N) is 2. The molecule has 1 saturated heterocycles. The summed E-state index contributed by atoms with van der Waals surface area (Å²) in [5.74, 6) is -2.03. The van der Waals surface area contributed by atoms with E-state index in [1.807, 2.05) is 39.8 Å². The molecule has 1 aliphatic rings. The van der Waals surface area contributed by atoms with Crippen LogP contribution in [0.25, 0.3) is 0 Å². The van der Waals surface area contributed by atoms with Gasteiger partial charge in [0.2, 0.25) is 11.8 Å². The van der Waals surface area contributed by atoms with E-state index in [0.717, 1.165) is 11.1 Å². The molecule has 0 spiro atoms. The normalized spacial score (nSPS) is 18.7. The van der Waals surface area contributed by atoms with Gasteiger partial charge in [0.05, 0.1) is 12.5 Å². The quantitative estimate of drug-likeness (QED) is 0.712. The number of likely N-dealkylation sites (tertiary alicyclic amines) is 1. The van der Waals surface area contributed by atoms with E-state index in [1.165, 1.54) is 4.90 Å². The van der Waals surface area contributed by atoms with Gasteiger partial charge >= 0.3 is 6.18 Å². The predicted octanol–water partition coefficient (Wildman–Crippen LogP) is 4.14. The maximum atomic E-state index is 13.1. The molecule has 0 aromatic heterocycles. The fraction of sp³-hybridized carbons (Fsp3) is 0.636. The highest BCUT2D eigenvalue weighted by Gasteiger charge is 2.42. The monoisotopic (exact) mass is 427 g/mol. The zero-order chi connectivity index (χ0) is 22.5. The summed E-state index contributed by atoms with van der Waals surface area (Å²) in [5.41, 5.74) is 2.70. The summed E-state index contributed by atoms with van der Waals surface area (Å²) in [6.07, 6.45) is -3.09. The molecule has 2 rings (SSSR count). The van der Waals surface area contributed by atoms with Crippen LogP contribution in [0, 0.1) is 19.8 Å². The molecular formula is C22H32F3N3O2. The van der Waals surface area contributed by atoms with Gasteiger partial charge in [-0.2, -0.15) is 13.2 Å². The zero-order valence-corrected chi connectivity index (χ0v) is 18.2. The van der Waals surface area contributed by atoms with Crippen LogP contribution in [0.5, 0.6) is 0 Å². The Bertz CT molecular complexity index is 752. The van der Waals surface area contributed by atoms with Crippen molar-refractivity contribution in [3.63, 3.8) is 0 Å². The molecule has 30 heavy (non-hydrogen) atoms. The third-order valence-corrected chi connectivity index (χ3v) is 5.96. The van der Waals surface area contributed by atoms with Crippen molar-refractivity contribution >= 4 is 17.5 Å². The Hall–Kier alpha value is -2.09. The molecule has 0 radical (unpaired) electrons. The van der Waals surface area contributed by atoms with E-state index < -0.39 is 12.1 Å². The molecule has 2 amide bonds. The number of hydrogen-bond acceptors (Lipinski definition) is 3. The minimum absolute atomic E-state index is 0.0987. The first-order valence-electron chi connectivity index (χ1n) is 10.5. The number of piperidine rings is 1. The summed E-state index contributed by atoms with van der Waals surface area (Å²) < 4.78 is 39.2. The minimum atomic E-state index is -4.25. The van der Waals surface area contributed by atoms with Gasteiger partial charge in [0.1, 0.15) is 6.54 Å². The summed E-state index contributed by atoms with van der Waals surface area (Å²) in [7, 11) is 0. The van der Waals surface area contributed by atoms with Crippen LogP contribution in [-0.4, -0.2) is 60.0 Å². The molecule has 168 valence electrons. The molecule has 0 bridgehead atoms. The van der Waals surface area contributed by atoms with Crippen molar-refractivity contribution in [3.8, 4) is 0 Å². The van der Waals surface area contributed by atoms with Gasteiger partial charge in [-0.25, -0.2) is 0 Å². The molecule has 0 unspecified atom stereocenters. The Kier molecular flexibility index (Phi) is 8.29. The van der Waals surface area contributed by atoms with E-state index in [4.69, 9.17) is 0 Å². The number of halogens is 3. The van der Waals surface area contributed by atoms with Gasteiger partial charge < -0.3 is 10.2 Å². The Morgan fingerprint density at radius 1 is 1.30 bits per heavy atom. The molecule has 1 heterocycles. The molecule has 1 aromatic rings. The highest BCUT2D eigenvalue weighted by molar-refractivity contribution is 5.95. The summed E-state index contributed by atoms with van der Waals surface area (Å²) in [6, 6.07) is 5.42. The van der Waals surface area contributed by atoms with Crippen molar-refractivity contribution < 1.29 is 22.8 Å². The van der Waals surface area contributed by atoms with Crippen molar-refractivity contribution in [1.29, 1.82) is 0 Å². The number of hydrogen-bond donors (Lipinski definition) is 1. The average Bonchev–Trinajstić information content (AvgIpc) is 2.68. The lowest BCUT2D eigenvalue weighted by Crippen LogP contribution is -2.50. The Labute approximate surface area is 176 Å². The molecule has 2 atom stereocenters. The summed E-state index contributed by atoms with van der Waals surface area (Å²) in [6.45, 7) is 7.68. The second kappa shape index (κ2) is 10.3. The molecule has 1 aromatic carbocycles. The largest absolute Gasteiger partial charge is 0.393 e. The van der Waals surface area contributed by atoms with Crippen LogP contribution >= 0.6 is 0 Å². The van der Waals surface area contributed by atoms with Crippen molar-refractivity contribution in [2.24, 2.45) is 5.92 Å². The third kappa shape index (κ3) is 6.45. The maximum absolute atomic E-state index is 13.1. The van der Waals surface area contributed by atoms with Crippen molar-refractivity contribution in [1.82, 2.24) is 9.80 Å². The highest BCUT2D eigenvalue weighted by Crippen LogP contribution is 2.33. The number of nitrogens with one attached hydrogen (secondary N) is 1. The number of alkyl halides is 3. The van der Waals surface area contributed by atoms with Crippen LogP contribution in [0.2, 0.25) is 0 Å². The van der Waals surface area contributed by atoms with E-state index in [9.17, 15) is 22.8 Å². The first kappa shape index (κ1) is 24.2. The Balaban J connectivity index is 2.03. The SMILES string of the molecule is CC[C@@H](C)N(CC(=O)Nc1cccc(C)c1C)C(=O)CN1CCC[C@H](C(F)(F)F)C1. The van der Waals surface area contributed by atoms with Crippen LogP contribution in [0.1, 0.15) is 44.2 Å². The fourth-order valence-electron chi connectivity index (χ4n) is 3.69. The van der Waals surface area contributed by atoms with Gasteiger partial charge in [0, 0.05) is 18.3 Å². The van der Waals surface area contributed by atoms with E-state index in [-0.39, 0.29) is 43.9 Å². The maximum Gasteiger partial charge on any atom is 0.393 e. The van der Waals surface area contributed by atoms with Gasteiger partial charge in [0.15, 0.2) is 0 Å². The molecule has 1 N–H and O–H groups in total. The van der Waals surface area contributed by atoms with Crippen molar-refractivity contribution in [2.75, 3.05) is 31.5 Å². The van der Waals surface area contributed by atoms with Gasteiger partial charge in [-0.3, -0.25) is 14.5 Å². The standard InChI is InChI=1S/C22H32F3N3O2/c1-5-16(3)28(13-20(29)26-19-10-6-8-15(2)17(19)4)21(30)14-27-11-7-9-18(12-27)22(23,24)25/h6,8,10,16,18H,5,7,9,11-14H2,1-4H3,(H,26,29)/t16-,18+/m1/s1. The summed E-state index contributed by atoms with van der Waals surface area (Å²) >= 11 is 0. The van der Waals surface area contributed by atoms with Crippen LogP contribution in [0.3, 0.4) is 0 Å². The number of rotatable bonds is 7. The second-order valence-electron chi connectivity index (χ2n) is 8.19.